The van der Waals surface area contributed by atoms with Crippen LogP contribution in [-0.2, 0) is 5.41 Å². The van der Waals surface area contributed by atoms with E-state index in [2.05, 4.69) is 35.4 Å². The molecule has 4 heteroatoms. The van der Waals surface area contributed by atoms with Gasteiger partial charge in [-0.3, -0.25) is 0 Å². The van der Waals surface area contributed by atoms with Gasteiger partial charge in [-0.15, -0.1) is 0 Å². The Kier molecular flexibility index (Phi) is 2.96. The van der Waals surface area contributed by atoms with Gasteiger partial charge in [0.1, 0.15) is 5.82 Å². The minimum Gasteiger partial charge on any atom is -0.358 e. The summed E-state index contributed by atoms with van der Waals surface area (Å²) >= 11 is 1.49. The molecule has 2 rings (SSSR count). The summed E-state index contributed by atoms with van der Waals surface area (Å²) < 4.78 is 4.40. The second-order valence-corrected chi connectivity index (χ2v) is 6.05. The molecule has 1 fully saturated rings. The van der Waals surface area contributed by atoms with E-state index in [1.165, 1.54) is 37.2 Å². The highest BCUT2D eigenvalue weighted by Crippen LogP contribution is 2.26. The molecule has 84 valence electrons. The Morgan fingerprint density at radius 3 is 2.47 bits per heavy atom. The molecule has 1 aromatic heterocycles. The minimum absolute atomic E-state index is 0.0616. The van der Waals surface area contributed by atoms with Crippen molar-refractivity contribution in [1.29, 1.82) is 0 Å². The lowest BCUT2D eigenvalue weighted by molar-refractivity contribution is 0.554. The molecule has 0 atom stereocenters. The van der Waals surface area contributed by atoms with Crippen molar-refractivity contribution in [2.24, 2.45) is 0 Å². The van der Waals surface area contributed by atoms with Gasteiger partial charge in [0.15, 0.2) is 0 Å². The fraction of sp³-hybridized carbons (Fsp3) is 0.818. The summed E-state index contributed by atoms with van der Waals surface area (Å²) in [7, 11) is 0. The Morgan fingerprint density at radius 2 is 1.93 bits per heavy atom. The molecular formula is C11H19N3S. The maximum atomic E-state index is 4.54. The first-order chi connectivity index (χ1) is 7.05. The van der Waals surface area contributed by atoms with E-state index in [1.807, 2.05) is 0 Å². The van der Waals surface area contributed by atoms with E-state index in [0.29, 0.717) is 6.04 Å². The molecule has 15 heavy (non-hydrogen) atoms. The smallest absolute Gasteiger partial charge is 0.202 e. The van der Waals surface area contributed by atoms with Crippen LogP contribution in [0.4, 0.5) is 5.13 Å². The van der Waals surface area contributed by atoms with Crippen molar-refractivity contribution in [2.75, 3.05) is 5.32 Å². The van der Waals surface area contributed by atoms with Crippen LogP contribution in [0, 0.1) is 0 Å². The molecule has 1 aromatic rings. The SMILES string of the molecule is CC(C)(C)c1nsc(NC2CCCC2)n1. The summed E-state index contributed by atoms with van der Waals surface area (Å²) in [5.41, 5.74) is 0.0616. The topological polar surface area (TPSA) is 37.8 Å². The van der Waals surface area contributed by atoms with E-state index in [4.69, 9.17) is 0 Å². The molecule has 1 saturated carbocycles. The third-order valence-corrected chi connectivity index (χ3v) is 3.43. The van der Waals surface area contributed by atoms with E-state index in [-0.39, 0.29) is 5.41 Å². The summed E-state index contributed by atoms with van der Waals surface area (Å²) in [6.07, 6.45) is 5.26. The lowest BCUT2D eigenvalue weighted by Crippen LogP contribution is -2.16. The first-order valence-electron chi connectivity index (χ1n) is 5.66. The highest BCUT2D eigenvalue weighted by Gasteiger charge is 2.21. The number of rotatable bonds is 2. The Hall–Kier alpha value is -0.640. The lowest BCUT2D eigenvalue weighted by atomic mass is 9.96. The van der Waals surface area contributed by atoms with Crippen molar-refractivity contribution in [3.05, 3.63) is 5.82 Å². The predicted molar refractivity (Wildman–Crippen MR) is 64.5 cm³/mol. The molecule has 0 saturated heterocycles. The lowest BCUT2D eigenvalue weighted by Gasteiger charge is -2.13. The first kappa shape index (κ1) is 10.9. The largest absolute Gasteiger partial charge is 0.358 e. The molecule has 1 heterocycles. The second kappa shape index (κ2) is 4.08. The van der Waals surface area contributed by atoms with Crippen molar-refractivity contribution in [2.45, 2.75) is 57.9 Å². The van der Waals surface area contributed by atoms with Gasteiger partial charge >= 0.3 is 0 Å². The number of anilines is 1. The van der Waals surface area contributed by atoms with Crippen molar-refractivity contribution >= 4 is 16.7 Å². The van der Waals surface area contributed by atoms with Crippen LogP contribution in [0.25, 0.3) is 0 Å². The Balaban J connectivity index is 2.00. The van der Waals surface area contributed by atoms with Gasteiger partial charge in [-0.1, -0.05) is 33.6 Å². The molecule has 1 aliphatic rings. The highest BCUT2D eigenvalue weighted by atomic mass is 32.1. The maximum absolute atomic E-state index is 4.54. The quantitative estimate of drug-likeness (QED) is 0.840. The molecule has 0 amide bonds. The van der Waals surface area contributed by atoms with Gasteiger partial charge in [-0.05, 0) is 12.8 Å². The number of hydrogen-bond acceptors (Lipinski definition) is 4. The van der Waals surface area contributed by atoms with Gasteiger partial charge in [0, 0.05) is 23.0 Å². The standard InChI is InChI=1S/C11H19N3S/c1-11(2,3)9-13-10(15-14-9)12-8-6-4-5-7-8/h8H,4-7H2,1-3H3,(H,12,13,14). The van der Waals surface area contributed by atoms with Crippen molar-refractivity contribution in [3.63, 3.8) is 0 Å². The van der Waals surface area contributed by atoms with Gasteiger partial charge in [-0.2, -0.15) is 4.37 Å². The monoisotopic (exact) mass is 225 g/mol. The zero-order valence-corrected chi connectivity index (χ0v) is 10.5. The Labute approximate surface area is 95.5 Å². The summed E-state index contributed by atoms with van der Waals surface area (Å²) in [6.45, 7) is 6.44. The van der Waals surface area contributed by atoms with Gasteiger partial charge in [0.05, 0.1) is 0 Å². The molecule has 0 unspecified atom stereocenters. The molecule has 3 nitrogen and oxygen atoms in total. The summed E-state index contributed by atoms with van der Waals surface area (Å²) in [6, 6.07) is 0.630. The molecule has 0 aromatic carbocycles. The Morgan fingerprint density at radius 1 is 1.27 bits per heavy atom. The average Bonchev–Trinajstić information content (AvgIpc) is 2.73. The van der Waals surface area contributed by atoms with Crippen LogP contribution < -0.4 is 5.32 Å². The fourth-order valence-corrected chi connectivity index (χ4v) is 2.67. The number of aromatic nitrogens is 2. The van der Waals surface area contributed by atoms with Crippen LogP contribution >= 0.6 is 11.5 Å². The van der Waals surface area contributed by atoms with Crippen molar-refractivity contribution in [1.82, 2.24) is 9.36 Å². The number of nitrogens with zero attached hydrogens (tertiary/aromatic N) is 2. The summed E-state index contributed by atoms with van der Waals surface area (Å²) in [5.74, 6) is 0.952. The van der Waals surface area contributed by atoms with E-state index < -0.39 is 0 Å². The molecule has 0 spiro atoms. The van der Waals surface area contributed by atoms with Crippen LogP contribution in [0.5, 0.6) is 0 Å². The molecular weight excluding hydrogens is 206 g/mol. The van der Waals surface area contributed by atoms with Crippen LogP contribution in [0.1, 0.15) is 52.3 Å². The van der Waals surface area contributed by atoms with Gasteiger partial charge in [-0.25, -0.2) is 4.98 Å². The molecule has 0 radical (unpaired) electrons. The van der Waals surface area contributed by atoms with E-state index in [1.54, 1.807) is 0 Å². The van der Waals surface area contributed by atoms with Crippen LogP contribution in [-0.4, -0.2) is 15.4 Å². The zero-order valence-electron chi connectivity index (χ0n) is 9.71. The Bertz CT molecular complexity index is 321. The summed E-state index contributed by atoms with van der Waals surface area (Å²) in [5, 5.41) is 4.47. The van der Waals surface area contributed by atoms with Crippen molar-refractivity contribution < 1.29 is 0 Å². The van der Waals surface area contributed by atoms with Gasteiger partial charge in [0.25, 0.3) is 0 Å². The second-order valence-electron chi connectivity index (χ2n) is 5.30. The van der Waals surface area contributed by atoms with Gasteiger partial charge in [0.2, 0.25) is 5.13 Å². The maximum Gasteiger partial charge on any atom is 0.202 e. The third-order valence-electron chi connectivity index (χ3n) is 2.78. The normalized spacial score (nSPS) is 18.3. The average molecular weight is 225 g/mol. The molecule has 0 aliphatic heterocycles. The number of nitrogens with one attached hydrogen (secondary N) is 1. The third kappa shape index (κ3) is 2.68. The van der Waals surface area contributed by atoms with Gasteiger partial charge < -0.3 is 5.32 Å². The predicted octanol–water partition coefficient (Wildman–Crippen LogP) is 3.19. The molecule has 1 aliphatic carbocycles. The first-order valence-corrected chi connectivity index (χ1v) is 6.44. The van der Waals surface area contributed by atoms with E-state index in [0.717, 1.165) is 11.0 Å². The number of hydrogen-bond donors (Lipinski definition) is 1. The van der Waals surface area contributed by atoms with Crippen molar-refractivity contribution in [3.8, 4) is 0 Å². The highest BCUT2D eigenvalue weighted by molar-refractivity contribution is 7.09. The van der Waals surface area contributed by atoms with E-state index >= 15 is 0 Å². The van der Waals surface area contributed by atoms with Crippen LogP contribution in [0.2, 0.25) is 0 Å². The zero-order chi connectivity index (χ0) is 10.9. The minimum atomic E-state index is 0.0616. The molecule has 0 bridgehead atoms. The fourth-order valence-electron chi connectivity index (χ4n) is 1.83. The molecule has 1 N–H and O–H groups in total. The van der Waals surface area contributed by atoms with E-state index in [9.17, 15) is 0 Å². The summed E-state index contributed by atoms with van der Waals surface area (Å²) in [4.78, 5) is 4.54. The van der Waals surface area contributed by atoms with Crippen LogP contribution in [0.15, 0.2) is 0 Å². The van der Waals surface area contributed by atoms with Crippen LogP contribution in [0.3, 0.4) is 0 Å².